The molecule has 0 radical (unpaired) electrons. The Labute approximate surface area is 126 Å². The molecule has 22 heavy (non-hydrogen) atoms. The van der Waals surface area contributed by atoms with Crippen molar-refractivity contribution in [2.45, 2.75) is 6.42 Å². The zero-order valence-electron chi connectivity index (χ0n) is 12.2. The first kappa shape index (κ1) is 15.6. The molecule has 8 heteroatoms. The van der Waals surface area contributed by atoms with Gasteiger partial charge < -0.3 is 25.2 Å². The number of methoxy groups -OCH3 is 2. The van der Waals surface area contributed by atoms with Crippen LogP contribution in [0.2, 0.25) is 0 Å². The van der Waals surface area contributed by atoms with Crippen molar-refractivity contribution in [3.63, 3.8) is 0 Å². The quantitative estimate of drug-likeness (QED) is 0.804. The molecule has 0 aromatic heterocycles. The average Bonchev–Trinajstić information content (AvgIpc) is 2.87. The number of ether oxygens (including phenoxy) is 2. The van der Waals surface area contributed by atoms with Crippen LogP contribution in [0, 0.1) is 5.92 Å². The van der Waals surface area contributed by atoms with Gasteiger partial charge in [0.15, 0.2) is 11.5 Å². The fourth-order valence-electron chi connectivity index (χ4n) is 2.39. The topological polar surface area (TPSA) is 119 Å². The number of carbonyl (C=O) groups is 3. The molecule has 0 saturated carbocycles. The number of carbonyl (C=O) groups excluding carboxylic acids is 2. The van der Waals surface area contributed by atoms with E-state index in [0.717, 1.165) is 0 Å². The molecule has 2 rings (SSSR count). The maximum Gasteiger partial charge on any atom is 0.337 e. The summed E-state index contributed by atoms with van der Waals surface area (Å²) in [4.78, 5) is 36.0. The van der Waals surface area contributed by atoms with E-state index in [-0.39, 0.29) is 41.6 Å². The SMILES string of the molecule is COc1cc(C(=O)O)c(N2CC(C(N)=O)CC2=O)cc1OC. The fraction of sp³-hybridized carbons (Fsp3) is 0.357. The lowest BCUT2D eigenvalue weighted by atomic mass is 10.1. The molecule has 0 aliphatic carbocycles. The number of nitrogens with zero attached hydrogens (tertiary/aromatic N) is 1. The van der Waals surface area contributed by atoms with Crippen molar-refractivity contribution in [2.24, 2.45) is 11.7 Å². The Balaban J connectivity index is 2.51. The van der Waals surface area contributed by atoms with Gasteiger partial charge >= 0.3 is 5.97 Å². The van der Waals surface area contributed by atoms with Gasteiger partial charge in [0.1, 0.15) is 0 Å². The lowest BCUT2D eigenvalue weighted by Gasteiger charge is -2.20. The van der Waals surface area contributed by atoms with E-state index in [1.165, 1.54) is 31.3 Å². The molecule has 1 unspecified atom stereocenters. The van der Waals surface area contributed by atoms with Crippen molar-refractivity contribution in [1.82, 2.24) is 0 Å². The molecular weight excluding hydrogens is 292 g/mol. The summed E-state index contributed by atoms with van der Waals surface area (Å²) in [5.74, 6) is -2.28. The second kappa shape index (κ2) is 5.92. The van der Waals surface area contributed by atoms with Crippen LogP contribution in [0.5, 0.6) is 11.5 Å². The van der Waals surface area contributed by atoms with Gasteiger partial charge in [0.25, 0.3) is 0 Å². The Morgan fingerprint density at radius 2 is 1.86 bits per heavy atom. The van der Waals surface area contributed by atoms with Gasteiger partial charge in [0.05, 0.1) is 31.4 Å². The number of rotatable bonds is 5. The first-order valence-corrected chi connectivity index (χ1v) is 6.48. The molecular formula is C14H16N2O6. The minimum Gasteiger partial charge on any atom is -0.493 e. The monoisotopic (exact) mass is 308 g/mol. The maximum absolute atomic E-state index is 12.1. The first-order valence-electron chi connectivity index (χ1n) is 6.48. The zero-order chi connectivity index (χ0) is 16.4. The van der Waals surface area contributed by atoms with Gasteiger partial charge in [-0.15, -0.1) is 0 Å². The second-order valence-electron chi connectivity index (χ2n) is 4.84. The summed E-state index contributed by atoms with van der Waals surface area (Å²) in [7, 11) is 2.79. The van der Waals surface area contributed by atoms with Crippen molar-refractivity contribution < 1.29 is 29.0 Å². The number of aromatic carboxylic acids is 1. The minimum atomic E-state index is -1.22. The molecule has 0 spiro atoms. The third-order valence-electron chi connectivity index (χ3n) is 3.55. The Bertz CT molecular complexity index is 642. The van der Waals surface area contributed by atoms with Gasteiger partial charge in [-0.2, -0.15) is 0 Å². The number of anilines is 1. The summed E-state index contributed by atoms with van der Waals surface area (Å²) >= 11 is 0. The third-order valence-corrected chi connectivity index (χ3v) is 3.55. The van der Waals surface area contributed by atoms with E-state index in [0.29, 0.717) is 0 Å². The van der Waals surface area contributed by atoms with Crippen molar-refractivity contribution >= 4 is 23.5 Å². The highest BCUT2D eigenvalue weighted by atomic mass is 16.5. The van der Waals surface area contributed by atoms with Crippen LogP contribution < -0.4 is 20.1 Å². The van der Waals surface area contributed by atoms with E-state index in [1.54, 1.807) is 0 Å². The molecule has 0 bridgehead atoms. The molecule has 118 valence electrons. The van der Waals surface area contributed by atoms with E-state index in [4.69, 9.17) is 15.2 Å². The molecule has 1 aromatic rings. The summed E-state index contributed by atoms with van der Waals surface area (Å²) in [6.45, 7) is 0.0456. The van der Waals surface area contributed by atoms with E-state index in [9.17, 15) is 19.5 Å². The van der Waals surface area contributed by atoms with E-state index >= 15 is 0 Å². The lowest BCUT2D eigenvalue weighted by Crippen LogP contribution is -2.29. The molecule has 1 saturated heterocycles. The van der Waals surface area contributed by atoms with Gasteiger partial charge in [-0.1, -0.05) is 0 Å². The summed E-state index contributed by atoms with van der Waals surface area (Å²) < 4.78 is 10.2. The van der Waals surface area contributed by atoms with Gasteiger partial charge in [0, 0.05) is 25.1 Å². The van der Waals surface area contributed by atoms with Crippen LogP contribution in [0.1, 0.15) is 16.8 Å². The Morgan fingerprint density at radius 1 is 1.27 bits per heavy atom. The van der Waals surface area contributed by atoms with Crippen LogP contribution in [0.3, 0.4) is 0 Å². The van der Waals surface area contributed by atoms with Crippen LogP contribution in [0.15, 0.2) is 12.1 Å². The summed E-state index contributed by atoms with van der Waals surface area (Å²) in [6.07, 6.45) is -0.0390. The molecule has 1 fully saturated rings. The highest BCUT2D eigenvalue weighted by Gasteiger charge is 2.36. The highest BCUT2D eigenvalue weighted by Crippen LogP contribution is 2.37. The minimum absolute atomic E-state index is 0.0390. The van der Waals surface area contributed by atoms with Gasteiger partial charge in [-0.3, -0.25) is 9.59 Å². The van der Waals surface area contributed by atoms with Crippen LogP contribution in [0.4, 0.5) is 5.69 Å². The number of hydrogen-bond donors (Lipinski definition) is 2. The fourth-order valence-corrected chi connectivity index (χ4v) is 2.39. The van der Waals surface area contributed by atoms with Crippen molar-refractivity contribution in [1.29, 1.82) is 0 Å². The number of primary amides is 1. The average molecular weight is 308 g/mol. The van der Waals surface area contributed by atoms with Gasteiger partial charge in [-0.25, -0.2) is 4.79 Å². The van der Waals surface area contributed by atoms with Crippen LogP contribution in [-0.2, 0) is 9.59 Å². The van der Waals surface area contributed by atoms with Crippen molar-refractivity contribution in [2.75, 3.05) is 25.7 Å². The van der Waals surface area contributed by atoms with Gasteiger partial charge in [0.2, 0.25) is 11.8 Å². The predicted molar refractivity (Wildman–Crippen MR) is 76.2 cm³/mol. The molecule has 1 atom stereocenters. The van der Waals surface area contributed by atoms with Crippen LogP contribution in [0.25, 0.3) is 0 Å². The van der Waals surface area contributed by atoms with Crippen LogP contribution >= 0.6 is 0 Å². The molecule has 2 amide bonds. The number of carboxylic acids is 1. The third kappa shape index (κ3) is 2.67. The largest absolute Gasteiger partial charge is 0.493 e. The Kier molecular flexibility index (Phi) is 4.20. The second-order valence-corrected chi connectivity index (χ2v) is 4.84. The molecule has 1 heterocycles. The Hall–Kier alpha value is -2.77. The molecule has 8 nitrogen and oxygen atoms in total. The normalized spacial score (nSPS) is 17.5. The number of nitrogens with two attached hydrogens (primary N) is 1. The zero-order valence-corrected chi connectivity index (χ0v) is 12.2. The maximum atomic E-state index is 12.1. The number of benzene rings is 1. The predicted octanol–water partition coefficient (Wildman–Crippen LogP) is 0.240. The molecule has 1 aliphatic rings. The molecule has 1 aromatic carbocycles. The smallest absolute Gasteiger partial charge is 0.337 e. The van der Waals surface area contributed by atoms with Gasteiger partial charge in [-0.05, 0) is 0 Å². The lowest BCUT2D eigenvalue weighted by molar-refractivity contribution is -0.123. The summed E-state index contributed by atoms with van der Waals surface area (Å²) in [6, 6.07) is 2.69. The Morgan fingerprint density at radius 3 is 2.32 bits per heavy atom. The number of hydrogen-bond acceptors (Lipinski definition) is 5. The van der Waals surface area contributed by atoms with E-state index < -0.39 is 17.8 Å². The van der Waals surface area contributed by atoms with Crippen LogP contribution in [-0.4, -0.2) is 43.7 Å². The van der Waals surface area contributed by atoms with Crippen molar-refractivity contribution in [3.8, 4) is 11.5 Å². The van der Waals surface area contributed by atoms with E-state index in [2.05, 4.69) is 0 Å². The highest BCUT2D eigenvalue weighted by molar-refractivity contribution is 6.05. The standard InChI is InChI=1S/C14H16N2O6/c1-21-10-4-8(14(19)20)9(5-11(10)22-2)16-6-7(13(15)18)3-12(16)17/h4-5,7H,3,6H2,1-2H3,(H2,15,18)(H,19,20). The van der Waals surface area contributed by atoms with E-state index in [1.807, 2.05) is 0 Å². The van der Waals surface area contributed by atoms with Crippen molar-refractivity contribution in [3.05, 3.63) is 17.7 Å². The summed E-state index contributed by atoms with van der Waals surface area (Å²) in [5.41, 5.74) is 5.26. The summed E-state index contributed by atoms with van der Waals surface area (Å²) in [5, 5.41) is 9.34. The molecule has 1 aliphatic heterocycles. The molecule has 3 N–H and O–H groups in total. The number of carboxylic acid groups (broad SMARTS) is 1. The number of amides is 2. The first-order chi connectivity index (χ1) is 10.4.